The first kappa shape index (κ1) is 21.0. The Morgan fingerprint density at radius 3 is 2.43 bits per heavy atom. The summed E-state index contributed by atoms with van der Waals surface area (Å²) < 4.78 is 15.2. The van der Waals surface area contributed by atoms with E-state index < -0.39 is 23.0 Å². The Morgan fingerprint density at radius 1 is 1.10 bits per heavy atom. The first-order chi connectivity index (χ1) is 14.4. The number of amides is 1. The van der Waals surface area contributed by atoms with E-state index in [9.17, 15) is 18.8 Å². The summed E-state index contributed by atoms with van der Waals surface area (Å²) in [4.78, 5) is 41.4. The highest BCUT2D eigenvalue weighted by Gasteiger charge is 2.24. The molecule has 156 valence electrons. The lowest BCUT2D eigenvalue weighted by Gasteiger charge is -2.24. The number of aromatic nitrogens is 2. The molecule has 0 fully saturated rings. The molecule has 0 saturated carbocycles. The van der Waals surface area contributed by atoms with Crippen molar-refractivity contribution < 1.29 is 9.18 Å². The van der Waals surface area contributed by atoms with Crippen LogP contribution in [0.25, 0.3) is 0 Å². The first-order valence-corrected chi connectivity index (χ1v) is 9.62. The van der Waals surface area contributed by atoms with Crippen LogP contribution in [0.2, 0.25) is 0 Å². The van der Waals surface area contributed by atoms with Gasteiger partial charge >= 0.3 is 5.69 Å². The second kappa shape index (κ2) is 9.21. The number of benzene rings is 2. The molecule has 0 spiro atoms. The molecule has 0 atom stereocenters. The van der Waals surface area contributed by atoms with E-state index in [1.54, 1.807) is 6.07 Å². The van der Waals surface area contributed by atoms with Crippen LogP contribution in [0.15, 0.2) is 64.2 Å². The van der Waals surface area contributed by atoms with E-state index in [2.05, 4.69) is 4.98 Å². The number of aromatic amines is 1. The summed E-state index contributed by atoms with van der Waals surface area (Å²) in [6.45, 7) is 2.18. The Morgan fingerprint density at radius 2 is 1.77 bits per heavy atom. The molecule has 7 nitrogen and oxygen atoms in total. The van der Waals surface area contributed by atoms with Gasteiger partial charge in [-0.3, -0.25) is 19.1 Å². The summed E-state index contributed by atoms with van der Waals surface area (Å²) in [7, 11) is 0. The highest BCUT2D eigenvalue weighted by Crippen LogP contribution is 2.20. The highest BCUT2D eigenvalue weighted by atomic mass is 19.1. The van der Waals surface area contributed by atoms with Crippen molar-refractivity contribution in [1.82, 2.24) is 9.55 Å². The number of carbonyl (C=O) groups excluding carboxylic acids is 1. The molecule has 3 N–H and O–H groups in total. The topological polar surface area (TPSA) is 101 Å². The number of nitrogens with one attached hydrogen (secondary N) is 1. The second-order valence-electron chi connectivity index (χ2n) is 6.88. The van der Waals surface area contributed by atoms with Gasteiger partial charge in [0.1, 0.15) is 11.6 Å². The maximum absolute atomic E-state index is 14.0. The maximum Gasteiger partial charge on any atom is 0.330 e. The van der Waals surface area contributed by atoms with Gasteiger partial charge in [-0.15, -0.1) is 0 Å². The van der Waals surface area contributed by atoms with Crippen molar-refractivity contribution >= 4 is 17.4 Å². The van der Waals surface area contributed by atoms with E-state index in [1.807, 2.05) is 37.3 Å². The smallest absolute Gasteiger partial charge is 0.330 e. The van der Waals surface area contributed by atoms with Crippen molar-refractivity contribution in [3.8, 4) is 0 Å². The number of anilines is 2. The van der Waals surface area contributed by atoms with E-state index in [0.717, 1.165) is 5.56 Å². The highest BCUT2D eigenvalue weighted by molar-refractivity contribution is 5.96. The van der Waals surface area contributed by atoms with Gasteiger partial charge in [0.25, 0.3) is 5.56 Å². The number of nitrogen functional groups attached to an aromatic ring is 1. The second-order valence-corrected chi connectivity index (χ2v) is 6.88. The molecular formula is C22H23FN4O3. The lowest BCUT2D eigenvalue weighted by Crippen LogP contribution is -2.42. The molecule has 1 amide bonds. The van der Waals surface area contributed by atoms with Gasteiger partial charge in [-0.25, -0.2) is 9.18 Å². The molecule has 0 bridgehead atoms. The van der Waals surface area contributed by atoms with Crippen molar-refractivity contribution in [3.05, 3.63) is 92.4 Å². The van der Waals surface area contributed by atoms with Crippen LogP contribution in [-0.4, -0.2) is 22.0 Å². The molecule has 1 aromatic heterocycles. The fraction of sp³-hybridized carbons (Fsp3) is 0.227. The molecule has 0 unspecified atom stereocenters. The third-order valence-electron chi connectivity index (χ3n) is 4.72. The van der Waals surface area contributed by atoms with Gasteiger partial charge in [-0.1, -0.05) is 55.5 Å². The summed E-state index contributed by atoms with van der Waals surface area (Å²) in [5, 5.41) is 0. The minimum atomic E-state index is -0.753. The van der Waals surface area contributed by atoms with Crippen molar-refractivity contribution in [2.75, 3.05) is 17.2 Å². The number of rotatable bonds is 7. The normalized spacial score (nSPS) is 10.7. The van der Waals surface area contributed by atoms with Crippen molar-refractivity contribution in [1.29, 1.82) is 0 Å². The molecular weight excluding hydrogens is 387 g/mol. The van der Waals surface area contributed by atoms with Crippen molar-refractivity contribution in [3.63, 3.8) is 0 Å². The van der Waals surface area contributed by atoms with E-state index in [4.69, 9.17) is 5.73 Å². The average Bonchev–Trinajstić information content (AvgIpc) is 2.72. The number of nitrogens with two attached hydrogens (primary N) is 1. The standard InChI is InChI=1S/C22H23FN4O3/c1-2-12-26(18(28)13-16-10-6-7-11-17(16)23)19-20(24)27(22(30)25-21(19)29)14-15-8-4-3-5-9-15/h3-11H,2,12-14,24H2,1H3,(H,25,29,30). The van der Waals surface area contributed by atoms with Gasteiger partial charge in [0.2, 0.25) is 5.91 Å². The number of hydrogen-bond acceptors (Lipinski definition) is 4. The maximum atomic E-state index is 14.0. The quantitative estimate of drug-likeness (QED) is 0.624. The van der Waals surface area contributed by atoms with Gasteiger partial charge < -0.3 is 10.6 Å². The Bertz CT molecular complexity index is 1160. The van der Waals surface area contributed by atoms with Crippen LogP contribution in [0.5, 0.6) is 0 Å². The zero-order chi connectivity index (χ0) is 21.7. The van der Waals surface area contributed by atoms with Crippen molar-refractivity contribution in [2.45, 2.75) is 26.3 Å². The molecule has 0 aliphatic carbocycles. The molecule has 1 heterocycles. The van der Waals surface area contributed by atoms with E-state index in [-0.39, 0.29) is 36.6 Å². The first-order valence-electron chi connectivity index (χ1n) is 9.62. The Labute approximate surface area is 172 Å². The van der Waals surface area contributed by atoms with E-state index in [1.165, 1.54) is 27.7 Å². The summed E-state index contributed by atoms with van der Waals surface area (Å²) in [6.07, 6.45) is 0.309. The summed E-state index contributed by atoms with van der Waals surface area (Å²) >= 11 is 0. The molecule has 0 aliphatic rings. The molecule has 0 aliphatic heterocycles. The predicted molar refractivity (Wildman–Crippen MR) is 114 cm³/mol. The summed E-state index contributed by atoms with van der Waals surface area (Å²) in [5.74, 6) is -1.09. The molecule has 30 heavy (non-hydrogen) atoms. The van der Waals surface area contributed by atoms with E-state index >= 15 is 0 Å². The summed E-state index contributed by atoms with van der Waals surface area (Å²) in [6, 6.07) is 15.1. The number of H-pyrrole nitrogens is 1. The Hall–Kier alpha value is -3.68. The lowest BCUT2D eigenvalue weighted by molar-refractivity contribution is -0.118. The SMILES string of the molecule is CCCN(C(=O)Cc1ccccc1F)c1c(N)n(Cc2ccccc2)c(=O)[nH]c1=O. The Balaban J connectivity index is 2.02. The number of nitrogens with zero attached hydrogens (tertiary/aromatic N) is 2. The molecule has 0 saturated heterocycles. The van der Waals surface area contributed by atoms with Crippen molar-refractivity contribution in [2.24, 2.45) is 0 Å². The molecule has 8 heteroatoms. The number of hydrogen-bond donors (Lipinski definition) is 2. The molecule has 0 radical (unpaired) electrons. The monoisotopic (exact) mass is 410 g/mol. The lowest BCUT2D eigenvalue weighted by atomic mass is 10.1. The van der Waals surface area contributed by atoms with E-state index in [0.29, 0.717) is 6.42 Å². The fourth-order valence-electron chi connectivity index (χ4n) is 3.25. The molecule has 3 aromatic rings. The van der Waals surface area contributed by atoms with Gasteiger partial charge in [-0.05, 0) is 23.6 Å². The third-order valence-corrected chi connectivity index (χ3v) is 4.72. The van der Waals surface area contributed by atoms with Crippen LogP contribution < -0.4 is 21.9 Å². The van der Waals surface area contributed by atoms with Gasteiger partial charge in [0, 0.05) is 6.54 Å². The molecule has 2 aromatic carbocycles. The van der Waals surface area contributed by atoms with Crippen LogP contribution in [0.3, 0.4) is 0 Å². The third kappa shape index (κ3) is 4.48. The number of carbonyl (C=O) groups is 1. The van der Waals surface area contributed by atoms with Crippen LogP contribution in [0.1, 0.15) is 24.5 Å². The Kier molecular flexibility index (Phi) is 6.46. The largest absolute Gasteiger partial charge is 0.383 e. The van der Waals surface area contributed by atoms with Crippen LogP contribution >= 0.6 is 0 Å². The van der Waals surface area contributed by atoms with Crippen LogP contribution in [0, 0.1) is 5.82 Å². The molecule has 3 rings (SSSR count). The predicted octanol–water partition coefficient (Wildman–Crippen LogP) is 2.29. The van der Waals surface area contributed by atoms with Crippen LogP contribution in [0.4, 0.5) is 15.9 Å². The van der Waals surface area contributed by atoms with Gasteiger partial charge in [0.05, 0.1) is 13.0 Å². The minimum absolute atomic E-state index is 0.103. The van der Waals surface area contributed by atoms with Gasteiger partial charge in [-0.2, -0.15) is 0 Å². The fourth-order valence-corrected chi connectivity index (χ4v) is 3.25. The average molecular weight is 410 g/mol. The van der Waals surface area contributed by atoms with Gasteiger partial charge in [0.15, 0.2) is 5.69 Å². The number of halogens is 1. The zero-order valence-electron chi connectivity index (χ0n) is 16.6. The zero-order valence-corrected chi connectivity index (χ0v) is 16.6. The minimum Gasteiger partial charge on any atom is -0.383 e. The summed E-state index contributed by atoms with van der Waals surface area (Å²) in [5.41, 5.74) is 5.71. The van der Waals surface area contributed by atoms with Crippen LogP contribution in [-0.2, 0) is 17.8 Å².